The molecular weight excluding hydrogens is 395 g/mol. The molecule has 2 aromatic rings. The highest BCUT2D eigenvalue weighted by Crippen LogP contribution is 2.26. The van der Waals surface area contributed by atoms with Crippen LogP contribution in [0.2, 0.25) is 0 Å². The van der Waals surface area contributed by atoms with E-state index in [-0.39, 0.29) is 24.8 Å². The molecular formula is C22H30Cl2N2O2. The van der Waals surface area contributed by atoms with Crippen LogP contribution in [-0.2, 0) is 12.8 Å². The van der Waals surface area contributed by atoms with Gasteiger partial charge in [-0.15, -0.1) is 24.8 Å². The van der Waals surface area contributed by atoms with Gasteiger partial charge in [-0.2, -0.15) is 0 Å². The molecule has 1 aliphatic heterocycles. The van der Waals surface area contributed by atoms with Gasteiger partial charge in [0.1, 0.15) is 18.5 Å². The average Bonchev–Trinajstić information content (AvgIpc) is 3.15. The minimum atomic E-state index is -0.452. The van der Waals surface area contributed by atoms with Gasteiger partial charge in [-0.25, -0.2) is 0 Å². The minimum absolute atomic E-state index is 0. The van der Waals surface area contributed by atoms with E-state index in [1.807, 2.05) is 6.07 Å². The Morgan fingerprint density at radius 3 is 2.36 bits per heavy atom. The highest BCUT2D eigenvalue weighted by atomic mass is 35.5. The Morgan fingerprint density at radius 1 is 0.893 bits per heavy atom. The lowest BCUT2D eigenvalue weighted by Gasteiger charge is -2.36. The van der Waals surface area contributed by atoms with Crippen LogP contribution in [0.4, 0.5) is 5.69 Å². The van der Waals surface area contributed by atoms with E-state index in [4.69, 9.17) is 4.74 Å². The van der Waals surface area contributed by atoms with Gasteiger partial charge in [0.15, 0.2) is 0 Å². The summed E-state index contributed by atoms with van der Waals surface area (Å²) in [6, 6.07) is 16.9. The quantitative estimate of drug-likeness (QED) is 0.768. The summed E-state index contributed by atoms with van der Waals surface area (Å²) in [7, 11) is 0. The zero-order valence-electron chi connectivity index (χ0n) is 16.1. The average molecular weight is 425 g/mol. The molecule has 0 amide bonds. The van der Waals surface area contributed by atoms with Crippen molar-refractivity contribution >= 4 is 30.5 Å². The summed E-state index contributed by atoms with van der Waals surface area (Å²) < 4.78 is 5.84. The van der Waals surface area contributed by atoms with E-state index in [1.54, 1.807) is 0 Å². The lowest BCUT2D eigenvalue weighted by molar-refractivity contribution is 0.0663. The van der Waals surface area contributed by atoms with Crippen LogP contribution in [0.3, 0.4) is 0 Å². The van der Waals surface area contributed by atoms with Crippen molar-refractivity contribution in [3.05, 3.63) is 59.7 Å². The van der Waals surface area contributed by atoms with E-state index in [9.17, 15) is 5.11 Å². The van der Waals surface area contributed by atoms with Gasteiger partial charge in [-0.05, 0) is 54.7 Å². The molecule has 4 nitrogen and oxygen atoms in total. The van der Waals surface area contributed by atoms with Gasteiger partial charge < -0.3 is 14.7 Å². The first-order chi connectivity index (χ1) is 12.8. The van der Waals surface area contributed by atoms with Crippen molar-refractivity contribution in [1.82, 2.24) is 4.90 Å². The first kappa shape index (κ1) is 22.8. The number of nitrogens with zero attached hydrogens (tertiary/aromatic N) is 2. The van der Waals surface area contributed by atoms with E-state index in [0.29, 0.717) is 13.2 Å². The molecule has 2 aromatic carbocycles. The molecule has 154 valence electrons. The summed E-state index contributed by atoms with van der Waals surface area (Å²) in [5.74, 6) is 0.888. The summed E-state index contributed by atoms with van der Waals surface area (Å²) in [6.45, 7) is 4.99. The Balaban J connectivity index is 0.00000140. The van der Waals surface area contributed by atoms with Crippen molar-refractivity contribution in [2.24, 2.45) is 0 Å². The fraction of sp³-hybridized carbons (Fsp3) is 0.455. The van der Waals surface area contributed by atoms with Gasteiger partial charge in [0.25, 0.3) is 0 Å². The third-order valence-electron chi connectivity index (χ3n) is 5.47. The van der Waals surface area contributed by atoms with Gasteiger partial charge in [0, 0.05) is 38.4 Å². The smallest absolute Gasteiger partial charge is 0.119 e. The summed E-state index contributed by atoms with van der Waals surface area (Å²) >= 11 is 0. The Bertz CT molecular complexity index is 722. The maximum Gasteiger partial charge on any atom is 0.119 e. The lowest BCUT2D eigenvalue weighted by Crippen LogP contribution is -2.49. The van der Waals surface area contributed by atoms with Crippen molar-refractivity contribution in [1.29, 1.82) is 0 Å². The fourth-order valence-electron chi connectivity index (χ4n) is 4.01. The predicted octanol–water partition coefficient (Wildman–Crippen LogP) is 3.58. The summed E-state index contributed by atoms with van der Waals surface area (Å²) in [6.07, 6.45) is 3.14. The third kappa shape index (κ3) is 5.77. The number of halogens is 2. The molecule has 28 heavy (non-hydrogen) atoms. The van der Waals surface area contributed by atoms with Gasteiger partial charge in [-0.1, -0.05) is 24.3 Å². The second-order valence-corrected chi connectivity index (χ2v) is 7.37. The fourth-order valence-corrected chi connectivity index (χ4v) is 4.01. The zero-order valence-corrected chi connectivity index (χ0v) is 17.8. The van der Waals surface area contributed by atoms with E-state index in [2.05, 4.69) is 52.3 Å². The predicted molar refractivity (Wildman–Crippen MR) is 120 cm³/mol. The normalized spacial score (nSPS) is 17.2. The van der Waals surface area contributed by atoms with Crippen LogP contribution in [0, 0.1) is 0 Å². The molecule has 4 rings (SSSR count). The number of rotatable bonds is 6. The molecule has 1 N–H and O–H groups in total. The molecule has 1 aliphatic carbocycles. The van der Waals surface area contributed by atoms with Crippen LogP contribution < -0.4 is 9.64 Å². The van der Waals surface area contributed by atoms with Gasteiger partial charge in [0.2, 0.25) is 0 Å². The number of piperazine rings is 1. The number of para-hydroxylation sites is 1. The Hall–Kier alpha value is -1.46. The van der Waals surface area contributed by atoms with E-state index < -0.39 is 6.10 Å². The van der Waals surface area contributed by atoms with Crippen LogP contribution in [0.5, 0.6) is 5.75 Å². The molecule has 6 heteroatoms. The number of benzene rings is 2. The molecule has 1 atom stereocenters. The van der Waals surface area contributed by atoms with Crippen LogP contribution in [0.1, 0.15) is 17.5 Å². The van der Waals surface area contributed by atoms with Crippen LogP contribution >= 0.6 is 24.8 Å². The van der Waals surface area contributed by atoms with Gasteiger partial charge >= 0.3 is 0 Å². The number of aliphatic hydroxyl groups excluding tert-OH is 1. The van der Waals surface area contributed by atoms with Crippen molar-refractivity contribution in [2.45, 2.75) is 25.4 Å². The first-order valence-corrected chi connectivity index (χ1v) is 9.73. The van der Waals surface area contributed by atoms with E-state index in [0.717, 1.165) is 38.3 Å². The van der Waals surface area contributed by atoms with Crippen molar-refractivity contribution in [2.75, 3.05) is 44.2 Å². The Labute approximate surface area is 180 Å². The number of anilines is 1. The van der Waals surface area contributed by atoms with E-state index >= 15 is 0 Å². The van der Waals surface area contributed by atoms with Crippen molar-refractivity contribution < 1.29 is 9.84 Å². The number of β-amino-alcohol motifs (C(OH)–C–C–N with tert-alkyl or cyclic N) is 1. The maximum absolute atomic E-state index is 10.4. The molecule has 0 aromatic heterocycles. The summed E-state index contributed by atoms with van der Waals surface area (Å²) in [5.41, 5.74) is 4.15. The van der Waals surface area contributed by atoms with Gasteiger partial charge in [-0.3, -0.25) is 4.90 Å². The second-order valence-electron chi connectivity index (χ2n) is 7.37. The largest absolute Gasteiger partial charge is 0.491 e. The molecule has 1 heterocycles. The van der Waals surface area contributed by atoms with E-state index in [1.165, 1.54) is 29.7 Å². The summed E-state index contributed by atoms with van der Waals surface area (Å²) in [5, 5.41) is 10.4. The highest BCUT2D eigenvalue weighted by molar-refractivity contribution is 5.85. The molecule has 1 saturated heterocycles. The number of hydrogen-bond donors (Lipinski definition) is 1. The Kier molecular flexibility index (Phi) is 8.90. The topological polar surface area (TPSA) is 35.9 Å². The number of aliphatic hydroxyl groups is 1. The number of fused-ring (bicyclic) bond motifs is 1. The molecule has 0 bridgehead atoms. The molecule has 1 unspecified atom stereocenters. The van der Waals surface area contributed by atoms with Crippen molar-refractivity contribution in [3.63, 3.8) is 0 Å². The lowest BCUT2D eigenvalue weighted by atomic mass is 10.1. The minimum Gasteiger partial charge on any atom is -0.491 e. The molecule has 1 fully saturated rings. The maximum atomic E-state index is 10.4. The standard InChI is InChI=1S/C22H28N2O2.2ClH/c25-21(17-26-22-10-9-18-5-4-6-19(18)15-22)16-23-11-13-24(14-12-23)20-7-2-1-3-8-20;;/h1-3,7-10,15,21,25H,4-6,11-14,16-17H2;2*1H. The number of aryl methyl sites for hydroxylation is 2. The second kappa shape index (κ2) is 10.9. The van der Waals surface area contributed by atoms with Crippen LogP contribution in [0.25, 0.3) is 0 Å². The zero-order chi connectivity index (χ0) is 17.8. The first-order valence-electron chi connectivity index (χ1n) is 9.73. The molecule has 0 spiro atoms. The number of ether oxygens (including phenoxy) is 1. The van der Waals surface area contributed by atoms with Crippen LogP contribution in [0.15, 0.2) is 48.5 Å². The summed E-state index contributed by atoms with van der Waals surface area (Å²) in [4.78, 5) is 4.74. The van der Waals surface area contributed by atoms with Crippen LogP contribution in [-0.4, -0.2) is 55.4 Å². The molecule has 0 saturated carbocycles. The molecule has 0 radical (unpaired) electrons. The Morgan fingerprint density at radius 2 is 1.61 bits per heavy atom. The third-order valence-corrected chi connectivity index (χ3v) is 5.47. The molecule has 2 aliphatic rings. The number of hydrogen-bond acceptors (Lipinski definition) is 4. The monoisotopic (exact) mass is 424 g/mol. The SMILES string of the molecule is Cl.Cl.OC(COc1ccc2c(c1)CCC2)CN1CCN(c2ccccc2)CC1. The van der Waals surface area contributed by atoms with Gasteiger partial charge in [0.05, 0.1) is 0 Å². The van der Waals surface area contributed by atoms with Crippen molar-refractivity contribution in [3.8, 4) is 5.75 Å². The highest BCUT2D eigenvalue weighted by Gasteiger charge is 2.20.